The molecule has 3 rings (SSSR count). The van der Waals surface area contributed by atoms with Crippen LogP contribution in [-0.4, -0.2) is 17.4 Å². The van der Waals surface area contributed by atoms with Crippen molar-refractivity contribution in [3.05, 3.63) is 82.4 Å². The van der Waals surface area contributed by atoms with Crippen LogP contribution in [0.15, 0.2) is 65.9 Å². The number of halogens is 3. The molecule has 0 bridgehead atoms. The third kappa shape index (κ3) is 4.39. The number of alkyl halides is 3. The van der Waals surface area contributed by atoms with Crippen molar-refractivity contribution in [3.8, 4) is 0 Å². The molecule has 0 unspecified atom stereocenters. The number of benzene rings is 2. The molecule has 3 aromatic rings. The number of pyridine rings is 1. The molecular weight excluding hydrogens is 371 g/mol. The van der Waals surface area contributed by atoms with Gasteiger partial charge in [0, 0.05) is 10.3 Å². The van der Waals surface area contributed by atoms with Gasteiger partial charge in [0.1, 0.15) is 6.54 Å². The molecule has 1 amide bonds. The predicted octanol–water partition coefficient (Wildman–Crippen LogP) is 5.10. The van der Waals surface area contributed by atoms with Crippen molar-refractivity contribution in [1.29, 1.82) is 0 Å². The smallest absolute Gasteiger partial charge is 0.306 e. The van der Waals surface area contributed by atoms with Crippen LogP contribution in [0.1, 0.15) is 11.1 Å². The fraction of sp³-hybridized carbons (Fsp3) is 0.158. The minimum atomic E-state index is -4.43. The first-order valence-corrected chi connectivity index (χ1v) is 8.20. The van der Waals surface area contributed by atoms with Gasteiger partial charge in [-0.05, 0) is 35.4 Å². The molecule has 0 saturated heterocycles. The molecule has 1 heterocycles. The topological polar surface area (TPSA) is 82.0 Å². The molecular formula is C19H14F3N5O. The lowest BCUT2D eigenvalue weighted by Crippen LogP contribution is -2.32. The average Bonchev–Trinajstić information content (AvgIpc) is 2.69. The molecule has 9 heteroatoms. The Morgan fingerprint density at radius 1 is 1.14 bits per heavy atom. The van der Waals surface area contributed by atoms with Gasteiger partial charge >= 0.3 is 6.18 Å². The van der Waals surface area contributed by atoms with E-state index in [4.69, 9.17) is 5.53 Å². The first kappa shape index (κ1) is 19.2. The average molecular weight is 385 g/mol. The molecule has 0 N–H and O–H groups in total. The van der Waals surface area contributed by atoms with Gasteiger partial charge in [-0.1, -0.05) is 35.4 Å². The molecule has 0 radical (unpaired) electrons. The van der Waals surface area contributed by atoms with Crippen LogP contribution in [0.25, 0.3) is 21.3 Å². The molecule has 142 valence electrons. The third-order valence-corrected chi connectivity index (χ3v) is 4.08. The number of nitrogens with zero attached hydrogens (tertiary/aromatic N) is 5. The predicted molar refractivity (Wildman–Crippen MR) is 98.4 cm³/mol. The van der Waals surface area contributed by atoms with Crippen molar-refractivity contribution in [1.82, 2.24) is 4.98 Å². The second-order valence-corrected chi connectivity index (χ2v) is 5.95. The van der Waals surface area contributed by atoms with Crippen LogP contribution in [0.4, 0.5) is 18.9 Å². The number of aromatic nitrogens is 1. The maximum atomic E-state index is 12.7. The van der Waals surface area contributed by atoms with E-state index in [0.29, 0.717) is 11.3 Å². The van der Waals surface area contributed by atoms with Gasteiger partial charge in [0.2, 0.25) is 5.91 Å². The maximum Gasteiger partial charge on any atom is 0.416 e. The second kappa shape index (κ2) is 7.98. The van der Waals surface area contributed by atoms with E-state index in [2.05, 4.69) is 15.0 Å². The summed E-state index contributed by atoms with van der Waals surface area (Å²) in [5.41, 5.74) is 9.40. The highest BCUT2D eigenvalue weighted by Gasteiger charge is 2.30. The van der Waals surface area contributed by atoms with Crippen molar-refractivity contribution in [3.63, 3.8) is 0 Å². The second-order valence-electron chi connectivity index (χ2n) is 5.95. The lowest BCUT2D eigenvalue weighted by atomic mass is 10.1. The van der Waals surface area contributed by atoms with Gasteiger partial charge in [0.25, 0.3) is 0 Å². The number of azide groups is 1. The SMILES string of the molecule is [N-]=[N+]=NCC(=O)N(Cc1ccc(C(F)(F)F)cc1)c1cnc2ccccc2c1. The van der Waals surface area contributed by atoms with Crippen LogP contribution in [0.5, 0.6) is 0 Å². The van der Waals surface area contributed by atoms with E-state index in [1.54, 1.807) is 6.07 Å². The van der Waals surface area contributed by atoms with Crippen LogP contribution in [0.3, 0.4) is 0 Å². The number of carbonyl (C=O) groups excluding carboxylic acids is 1. The van der Waals surface area contributed by atoms with E-state index in [1.807, 2.05) is 24.3 Å². The van der Waals surface area contributed by atoms with Crippen LogP contribution >= 0.6 is 0 Å². The van der Waals surface area contributed by atoms with Gasteiger partial charge in [0.15, 0.2) is 0 Å². The lowest BCUT2D eigenvalue weighted by molar-refractivity contribution is -0.137. The fourth-order valence-corrected chi connectivity index (χ4v) is 2.69. The van der Waals surface area contributed by atoms with Gasteiger partial charge in [-0.15, -0.1) is 0 Å². The summed E-state index contributed by atoms with van der Waals surface area (Å²) in [4.78, 5) is 20.7. The van der Waals surface area contributed by atoms with Crippen molar-refractivity contribution < 1.29 is 18.0 Å². The molecule has 0 aliphatic carbocycles. The molecule has 0 aliphatic rings. The molecule has 0 saturated carbocycles. The Hall–Kier alpha value is -3.58. The first-order chi connectivity index (χ1) is 13.4. The van der Waals surface area contributed by atoms with Crippen LogP contribution in [0.2, 0.25) is 0 Å². The summed E-state index contributed by atoms with van der Waals surface area (Å²) in [5.74, 6) is -0.491. The first-order valence-electron chi connectivity index (χ1n) is 8.20. The van der Waals surface area contributed by atoms with Gasteiger partial charge in [0.05, 0.1) is 29.5 Å². The van der Waals surface area contributed by atoms with E-state index in [9.17, 15) is 18.0 Å². The van der Waals surface area contributed by atoms with Crippen molar-refractivity contribution in [2.45, 2.75) is 12.7 Å². The highest BCUT2D eigenvalue weighted by Crippen LogP contribution is 2.29. The molecule has 2 aromatic carbocycles. The van der Waals surface area contributed by atoms with Crippen molar-refractivity contribution >= 4 is 22.5 Å². The molecule has 0 fully saturated rings. The van der Waals surface area contributed by atoms with E-state index < -0.39 is 24.2 Å². The van der Waals surface area contributed by atoms with E-state index in [0.717, 1.165) is 23.0 Å². The highest BCUT2D eigenvalue weighted by atomic mass is 19.4. The lowest BCUT2D eigenvalue weighted by Gasteiger charge is -2.22. The van der Waals surface area contributed by atoms with Crippen LogP contribution in [-0.2, 0) is 17.5 Å². The molecule has 0 atom stereocenters. The van der Waals surface area contributed by atoms with Crippen molar-refractivity contribution in [2.75, 3.05) is 11.4 Å². The Morgan fingerprint density at radius 3 is 2.54 bits per heavy atom. The summed E-state index contributed by atoms with van der Waals surface area (Å²) < 4.78 is 38.2. The summed E-state index contributed by atoms with van der Waals surface area (Å²) in [6.45, 7) is -0.401. The van der Waals surface area contributed by atoms with Crippen molar-refractivity contribution in [2.24, 2.45) is 5.11 Å². The minimum Gasteiger partial charge on any atom is -0.306 e. The van der Waals surface area contributed by atoms with Gasteiger partial charge in [-0.25, -0.2) is 0 Å². The van der Waals surface area contributed by atoms with E-state index >= 15 is 0 Å². The Bertz CT molecular complexity index is 1040. The zero-order chi connectivity index (χ0) is 20.1. The number of rotatable bonds is 5. The summed E-state index contributed by atoms with van der Waals surface area (Å²) in [6, 6.07) is 13.6. The molecule has 0 spiro atoms. The Labute approximate surface area is 157 Å². The van der Waals surface area contributed by atoms with Crippen LogP contribution in [0, 0.1) is 0 Å². The zero-order valence-electron chi connectivity index (χ0n) is 14.5. The maximum absolute atomic E-state index is 12.7. The van der Waals surface area contributed by atoms with Gasteiger partial charge in [-0.3, -0.25) is 9.78 Å². The summed E-state index contributed by atoms with van der Waals surface area (Å²) >= 11 is 0. The largest absolute Gasteiger partial charge is 0.416 e. The van der Waals surface area contributed by atoms with Gasteiger partial charge in [-0.2, -0.15) is 13.2 Å². The molecule has 6 nitrogen and oxygen atoms in total. The summed E-state index contributed by atoms with van der Waals surface area (Å²) in [6.07, 6.45) is -2.93. The van der Waals surface area contributed by atoms with E-state index in [1.165, 1.54) is 23.2 Å². The summed E-state index contributed by atoms with van der Waals surface area (Å²) in [5, 5.41) is 4.09. The normalized spacial score (nSPS) is 11.1. The number of carbonyl (C=O) groups is 1. The summed E-state index contributed by atoms with van der Waals surface area (Å²) in [7, 11) is 0. The standard InChI is InChI=1S/C19H14F3N5O/c20-19(21,22)15-7-5-13(6-8-15)12-27(18(28)11-25-26-23)16-9-14-3-1-2-4-17(14)24-10-16/h1-10H,11-12H2. The fourth-order valence-electron chi connectivity index (χ4n) is 2.69. The Morgan fingerprint density at radius 2 is 1.86 bits per heavy atom. The molecule has 28 heavy (non-hydrogen) atoms. The minimum absolute atomic E-state index is 0.0118. The Balaban J connectivity index is 1.94. The third-order valence-electron chi connectivity index (χ3n) is 4.08. The van der Waals surface area contributed by atoms with Crippen LogP contribution < -0.4 is 4.90 Å². The molecule has 1 aromatic heterocycles. The number of para-hydroxylation sites is 1. The number of fused-ring (bicyclic) bond motifs is 1. The number of amides is 1. The highest BCUT2D eigenvalue weighted by molar-refractivity contribution is 5.96. The Kier molecular flexibility index (Phi) is 5.47. The van der Waals surface area contributed by atoms with E-state index in [-0.39, 0.29) is 6.54 Å². The zero-order valence-corrected chi connectivity index (χ0v) is 14.5. The number of hydrogen-bond acceptors (Lipinski definition) is 3. The molecule has 0 aliphatic heterocycles. The quantitative estimate of drug-likeness (QED) is 0.348. The number of hydrogen-bond donors (Lipinski definition) is 0. The van der Waals surface area contributed by atoms with Gasteiger partial charge < -0.3 is 4.90 Å². The monoisotopic (exact) mass is 385 g/mol. The number of anilines is 1.